The lowest BCUT2D eigenvalue weighted by atomic mass is 9.92. The van der Waals surface area contributed by atoms with E-state index in [0.29, 0.717) is 47.1 Å². The summed E-state index contributed by atoms with van der Waals surface area (Å²) in [6.07, 6.45) is 5.64. The van der Waals surface area contributed by atoms with Gasteiger partial charge in [0.1, 0.15) is 17.3 Å². The molecular weight excluding hydrogens is 630 g/mol. The number of halogens is 1. The molecule has 0 fully saturated rings. The van der Waals surface area contributed by atoms with Gasteiger partial charge in [0, 0.05) is 41.8 Å². The predicted octanol–water partition coefficient (Wildman–Crippen LogP) is 7.28. The number of carbonyl (C=O) groups excluding carboxylic acids is 2. The summed E-state index contributed by atoms with van der Waals surface area (Å²) in [5.41, 5.74) is 3.23. The van der Waals surface area contributed by atoms with Crippen LogP contribution in [0.25, 0.3) is 21.7 Å². The molecule has 1 aliphatic heterocycles. The number of benzene rings is 2. The average Bonchev–Trinajstić information content (AvgIpc) is 3.82. The summed E-state index contributed by atoms with van der Waals surface area (Å²) in [6, 6.07) is 10.9. The first-order valence-corrected chi connectivity index (χ1v) is 16.9. The molecule has 6 rings (SSSR count). The summed E-state index contributed by atoms with van der Waals surface area (Å²) in [4.78, 5) is 36.3. The minimum atomic E-state index is -0.440. The third-order valence-corrected chi connectivity index (χ3v) is 10.3. The molecule has 2 atom stereocenters. The number of hydrogen-bond acceptors (Lipinski definition) is 7. The highest BCUT2D eigenvalue weighted by atomic mass is 35.5. The van der Waals surface area contributed by atoms with Gasteiger partial charge in [0.2, 0.25) is 0 Å². The first-order chi connectivity index (χ1) is 22.9. The van der Waals surface area contributed by atoms with Gasteiger partial charge in [0.15, 0.2) is 5.69 Å². The number of alkyl halides is 1. The van der Waals surface area contributed by atoms with Crippen LogP contribution < -0.4 is 10.2 Å². The molecule has 2 amide bonds. The Morgan fingerprint density at radius 1 is 1.17 bits per heavy atom. The fourth-order valence-corrected chi connectivity index (χ4v) is 6.54. The van der Waals surface area contributed by atoms with Gasteiger partial charge >= 0.3 is 0 Å². The molecule has 2 aromatic carbocycles. The van der Waals surface area contributed by atoms with Crippen LogP contribution in [0.4, 0.5) is 11.5 Å². The van der Waals surface area contributed by atoms with Crippen molar-refractivity contribution in [3.63, 3.8) is 0 Å². The number of rotatable bonds is 11. The second-order valence-corrected chi connectivity index (χ2v) is 13.8. The number of fused-ring (bicyclic) bond motifs is 4. The van der Waals surface area contributed by atoms with Gasteiger partial charge in [0.25, 0.3) is 11.8 Å². The zero-order valence-corrected chi connectivity index (χ0v) is 29.0. The van der Waals surface area contributed by atoms with Crippen LogP contribution >= 0.6 is 11.6 Å². The van der Waals surface area contributed by atoms with E-state index in [0.717, 1.165) is 41.2 Å². The van der Waals surface area contributed by atoms with Crippen molar-refractivity contribution in [1.29, 1.82) is 0 Å². The lowest BCUT2D eigenvalue weighted by Gasteiger charge is -2.31. The Hall–Kier alpha value is -4.48. The summed E-state index contributed by atoms with van der Waals surface area (Å²) in [5, 5.41) is 24.5. The molecular formula is C36H42ClN7O4. The summed E-state index contributed by atoms with van der Waals surface area (Å²) in [5.74, 6) is -0.0124. The van der Waals surface area contributed by atoms with Crippen molar-refractivity contribution in [2.45, 2.75) is 77.9 Å². The number of hydrogen-bond donors (Lipinski definition) is 3. The third kappa shape index (κ3) is 6.12. The van der Waals surface area contributed by atoms with Gasteiger partial charge in [-0.1, -0.05) is 37.3 Å². The maximum absolute atomic E-state index is 13.9. The van der Waals surface area contributed by atoms with Crippen molar-refractivity contribution < 1.29 is 19.4 Å². The molecule has 48 heavy (non-hydrogen) atoms. The standard InChI is InChI=1S/C36H42ClN7O4/c1-7-35(4,5)48-13-12-36(6,8-2)44-20-27(41-42-44)33(46)40-30-15-22-14-25(39-26(22)18-38-30)34(47)43-19-23(17-37)32-28(43)16-29(45)24-11-9-10-21(3)31(24)32/h9-11,14-16,18,20,23,39,45H,7-8,12-13,17,19H2,1-6H3,(H,38,40,46)/t23-,36?/m1/s1. The first kappa shape index (κ1) is 33.4. The Balaban J connectivity index is 1.19. The van der Waals surface area contributed by atoms with Crippen LogP contribution in [0.2, 0.25) is 0 Å². The van der Waals surface area contributed by atoms with Gasteiger partial charge in [-0.05, 0) is 75.6 Å². The number of H-pyrrole nitrogens is 1. The molecule has 0 aliphatic carbocycles. The minimum absolute atomic E-state index is 0.0858. The number of carbonyl (C=O) groups is 2. The third-order valence-electron chi connectivity index (χ3n) is 9.90. The highest BCUT2D eigenvalue weighted by molar-refractivity contribution is 6.19. The number of phenols is 1. The lowest BCUT2D eigenvalue weighted by molar-refractivity contribution is -0.0327. The largest absolute Gasteiger partial charge is 0.507 e. The highest BCUT2D eigenvalue weighted by Gasteiger charge is 2.36. The minimum Gasteiger partial charge on any atom is -0.507 e. The SMILES string of the molecule is CCC(C)(C)OCCC(C)(CC)n1cc(C(=O)Nc2cc3cc(C(=O)N4C[C@@H](CCl)c5c4cc(O)c4cccc(C)c54)[nH]c3cn2)nn1. The van der Waals surface area contributed by atoms with Crippen LogP contribution in [0, 0.1) is 6.92 Å². The Kier molecular flexibility index (Phi) is 8.95. The maximum Gasteiger partial charge on any atom is 0.278 e. The molecule has 11 nitrogen and oxygen atoms in total. The van der Waals surface area contributed by atoms with Crippen LogP contribution in [-0.2, 0) is 10.3 Å². The van der Waals surface area contributed by atoms with E-state index in [-0.39, 0.29) is 34.4 Å². The number of aromatic hydroxyl groups is 1. The first-order valence-electron chi connectivity index (χ1n) is 16.4. The number of phenolic OH excluding ortho intramolecular Hbond substituents is 1. The smallest absolute Gasteiger partial charge is 0.278 e. The molecule has 3 aromatic heterocycles. The van der Waals surface area contributed by atoms with Crippen LogP contribution in [0.15, 0.2) is 48.8 Å². The Morgan fingerprint density at radius 2 is 1.96 bits per heavy atom. The number of aromatic nitrogens is 5. The van der Waals surface area contributed by atoms with Crippen molar-refractivity contribution in [3.05, 3.63) is 71.3 Å². The molecule has 5 aromatic rings. The van der Waals surface area contributed by atoms with E-state index in [4.69, 9.17) is 16.3 Å². The second-order valence-electron chi connectivity index (χ2n) is 13.5. The predicted molar refractivity (Wildman–Crippen MR) is 188 cm³/mol. The van der Waals surface area contributed by atoms with Gasteiger partial charge in [-0.15, -0.1) is 16.7 Å². The Bertz CT molecular complexity index is 2020. The summed E-state index contributed by atoms with van der Waals surface area (Å²) >= 11 is 6.42. The Morgan fingerprint density at radius 3 is 2.69 bits per heavy atom. The fraction of sp³-hybridized carbons (Fsp3) is 0.417. The molecule has 1 aliphatic rings. The van der Waals surface area contributed by atoms with Crippen molar-refractivity contribution in [1.82, 2.24) is 25.0 Å². The number of aromatic amines is 1. The molecule has 0 radical (unpaired) electrons. The number of pyridine rings is 1. The number of anilines is 2. The monoisotopic (exact) mass is 671 g/mol. The van der Waals surface area contributed by atoms with Crippen LogP contribution in [0.3, 0.4) is 0 Å². The van der Waals surface area contributed by atoms with Crippen LogP contribution in [0.5, 0.6) is 5.75 Å². The summed E-state index contributed by atoms with van der Waals surface area (Å²) in [6.45, 7) is 13.3. The average molecular weight is 672 g/mol. The van der Waals surface area contributed by atoms with Gasteiger partial charge < -0.3 is 25.0 Å². The van der Waals surface area contributed by atoms with Crippen molar-refractivity contribution in [2.75, 3.05) is 29.2 Å². The van der Waals surface area contributed by atoms with Crippen molar-refractivity contribution in [2.24, 2.45) is 0 Å². The fourth-order valence-electron chi connectivity index (χ4n) is 6.29. The van der Waals surface area contributed by atoms with Crippen LogP contribution in [0.1, 0.15) is 91.9 Å². The molecule has 0 saturated carbocycles. The normalized spacial score (nSPS) is 16.0. The number of ether oxygens (including phenoxy) is 1. The lowest BCUT2D eigenvalue weighted by Crippen LogP contribution is -2.33. The second kappa shape index (κ2) is 12.9. The molecule has 0 bridgehead atoms. The van der Waals surface area contributed by atoms with Gasteiger partial charge in [0.05, 0.1) is 34.7 Å². The van der Waals surface area contributed by atoms with E-state index in [9.17, 15) is 14.7 Å². The number of nitrogens with one attached hydrogen (secondary N) is 2. The molecule has 1 unspecified atom stereocenters. The zero-order chi connectivity index (χ0) is 34.4. The van der Waals surface area contributed by atoms with Gasteiger partial charge in [-0.25, -0.2) is 9.67 Å². The molecule has 12 heteroatoms. The summed E-state index contributed by atoms with van der Waals surface area (Å²) < 4.78 is 7.81. The molecule has 252 valence electrons. The number of amides is 2. The quantitative estimate of drug-likeness (QED) is 0.126. The van der Waals surface area contributed by atoms with E-state index >= 15 is 0 Å². The molecule has 0 saturated heterocycles. The maximum atomic E-state index is 13.9. The summed E-state index contributed by atoms with van der Waals surface area (Å²) in [7, 11) is 0. The zero-order valence-electron chi connectivity index (χ0n) is 28.2. The number of aryl methyl sites for hydroxylation is 1. The number of nitrogens with zero attached hydrogens (tertiary/aromatic N) is 5. The van der Waals surface area contributed by atoms with E-state index in [1.54, 1.807) is 40.2 Å². The van der Waals surface area contributed by atoms with E-state index in [2.05, 4.69) is 60.2 Å². The Labute approximate surface area is 284 Å². The molecule has 4 heterocycles. The molecule has 3 N–H and O–H groups in total. The van der Waals surface area contributed by atoms with Gasteiger partial charge in [-0.2, -0.15) is 0 Å². The van der Waals surface area contributed by atoms with E-state index in [1.165, 1.54) is 0 Å². The topological polar surface area (TPSA) is 138 Å². The molecule has 0 spiro atoms. The van der Waals surface area contributed by atoms with Crippen LogP contribution in [-0.4, -0.2) is 66.5 Å². The van der Waals surface area contributed by atoms with Gasteiger partial charge in [-0.3, -0.25) is 9.59 Å². The van der Waals surface area contributed by atoms with E-state index < -0.39 is 5.91 Å². The van der Waals surface area contributed by atoms with Crippen molar-refractivity contribution >= 4 is 56.6 Å². The van der Waals surface area contributed by atoms with E-state index in [1.807, 2.05) is 25.1 Å². The van der Waals surface area contributed by atoms with Crippen molar-refractivity contribution in [3.8, 4) is 5.75 Å². The highest BCUT2D eigenvalue weighted by Crippen LogP contribution is 2.46.